The minimum atomic E-state index is -0.692. The minimum Gasteiger partial charge on any atom is -0.481 e. The first-order chi connectivity index (χ1) is 13.2. The predicted octanol–water partition coefficient (Wildman–Crippen LogP) is 4.40. The SMILES string of the molecule is C[C@H](CCC(=O)O)[C@H]1CC[C@H]2[C@@H]3[C@@H](O)C=C4C[C@@H](O)CC[C@]4(C)[C@H]3CC[C@]12C. The lowest BCUT2D eigenvalue weighted by molar-refractivity contribution is -0.137. The van der Waals surface area contributed by atoms with Gasteiger partial charge < -0.3 is 15.3 Å². The van der Waals surface area contributed by atoms with Crippen molar-refractivity contribution in [1.29, 1.82) is 0 Å². The lowest BCUT2D eigenvalue weighted by Gasteiger charge is -2.59. The molecule has 9 atom stereocenters. The van der Waals surface area contributed by atoms with Gasteiger partial charge in [-0.3, -0.25) is 4.79 Å². The Balaban J connectivity index is 1.59. The third-order valence-corrected chi connectivity index (χ3v) is 9.68. The van der Waals surface area contributed by atoms with Gasteiger partial charge in [0.2, 0.25) is 0 Å². The summed E-state index contributed by atoms with van der Waals surface area (Å²) < 4.78 is 0. The smallest absolute Gasteiger partial charge is 0.303 e. The van der Waals surface area contributed by atoms with Gasteiger partial charge in [0.15, 0.2) is 0 Å². The Morgan fingerprint density at radius 3 is 2.61 bits per heavy atom. The molecule has 3 saturated carbocycles. The van der Waals surface area contributed by atoms with Crippen LogP contribution in [0.5, 0.6) is 0 Å². The molecule has 0 heterocycles. The van der Waals surface area contributed by atoms with Crippen LogP contribution in [0.2, 0.25) is 0 Å². The lowest BCUT2D eigenvalue weighted by Crippen LogP contribution is -2.54. The Kier molecular flexibility index (Phi) is 5.19. The molecule has 4 aliphatic rings. The highest BCUT2D eigenvalue weighted by atomic mass is 16.4. The Labute approximate surface area is 169 Å². The average Bonchev–Trinajstić information content (AvgIpc) is 2.98. The van der Waals surface area contributed by atoms with Crippen LogP contribution >= 0.6 is 0 Å². The van der Waals surface area contributed by atoms with Gasteiger partial charge in [-0.1, -0.05) is 32.4 Å². The number of fused-ring (bicyclic) bond motifs is 5. The Morgan fingerprint density at radius 1 is 1.14 bits per heavy atom. The van der Waals surface area contributed by atoms with Crippen molar-refractivity contribution in [3.63, 3.8) is 0 Å². The zero-order chi connectivity index (χ0) is 20.3. The van der Waals surface area contributed by atoms with Gasteiger partial charge in [-0.2, -0.15) is 0 Å². The summed E-state index contributed by atoms with van der Waals surface area (Å²) in [6.07, 6.45) is 9.82. The van der Waals surface area contributed by atoms with Crippen LogP contribution in [0.15, 0.2) is 11.6 Å². The van der Waals surface area contributed by atoms with E-state index in [-0.39, 0.29) is 23.4 Å². The monoisotopic (exact) mass is 390 g/mol. The summed E-state index contributed by atoms with van der Waals surface area (Å²) in [5.74, 6) is 1.66. The normalized spacial score (nSPS) is 48.8. The van der Waals surface area contributed by atoms with Crippen LogP contribution in [-0.2, 0) is 4.79 Å². The molecule has 0 spiro atoms. The van der Waals surface area contributed by atoms with Crippen LogP contribution in [0, 0.1) is 40.4 Å². The first kappa shape index (κ1) is 20.4. The van der Waals surface area contributed by atoms with Crippen molar-refractivity contribution in [1.82, 2.24) is 0 Å². The van der Waals surface area contributed by atoms with Gasteiger partial charge in [-0.25, -0.2) is 0 Å². The highest BCUT2D eigenvalue weighted by molar-refractivity contribution is 5.66. The van der Waals surface area contributed by atoms with Crippen LogP contribution in [0.4, 0.5) is 0 Å². The van der Waals surface area contributed by atoms with Crippen LogP contribution in [0.3, 0.4) is 0 Å². The molecule has 0 aromatic carbocycles. The molecule has 0 unspecified atom stereocenters. The average molecular weight is 391 g/mol. The third kappa shape index (κ3) is 3.06. The number of rotatable bonds is 4. The van der Waals surface area contributed by atoms with Crippen molar-refractivity contribution in [2.24, 2.45) is 40.4 Å². The Bertz CT molecular complexity index is 657. The predicted molar refractivity (Wildman–Crippen MR) is 109 cm³/mol. The number of carbonyl (C=O) groups is 1. The maximum Gasteiger partial charge on any atom is 0.303 e. The van der Waals surface area contributed by atoms with E-state index in [1.165, 1.54) is 24.8 Å². The largest absolute Gasteiger partial charge is 0.481 e. The van der Waals surface area contributed by atoms with E-state index >= 15 is 0 Å². The Hall–Kier alpha value is -0.870. The highest BCUT2D eigenvalue weighted by Gasteiger charge is 2.61. The molecule has 0 bridgehead atoms. The van der Waals surface area contributed by atoms with E-state index in [0.29, 0.717) is 29.6 Å². The van der Waals surface area contributed by atoms with Gasteiger partial charge in [0.25, 0.3) is 0 Å². The number of carboxylic acids is 1. The molecule has 0 aliphatic heterocycles. The van der Waals surface area contributed by atoms with Crippen molar-refractivity contribution < 1.29 is 20.1 Å². The van der Waals surface area contributed by atoms with Gasteiger partial charge in [0, 0.05) is 6.42 Å². The first-order valence-corrected chi connectivity index (χ1v) is 11.5. The maximum absolute atomic E-state index is 11.2. The molecule has 0 saturated heterocycles. The molecule has 158 valence electrons. The third-order valence-electron chi connectivity index (χ3n) is 9.68. The summed E-state index contributed by atoms with van der Waals surface area (Å²) in [4.78, 5) is 11.0. The molecule has 4 aliphatic carbocycles. The van der Waals surface area contributed by atoms with E-state index < -0.39 is 12.1 Å². The van der Waals surface area contributed by atoms with Crippen molar-refractivity contribution >= 4 is 5.97 Å². The molecule has 3 N–H and O–H groups in total. The maximum atomic E-state index is 11.2. The molecule has 4 rings (SSSR count). The first-order valence-electron chi connectivity index (χ1n) is 11.5. The van der Waals surface area contributed by atoms with Crippen molar-refractivity contribution in [2.45, 2.75) is 90.8 Å². The van der Waals surface area contributed by atoms with Crippen LogP contribution in [0.25, 0.3) is 0 Å². The minimum absolute atomic E-state index is 0.136. The van der Waals surface area contributed by atoms with Gasteiger partial charge >= 0.3 is 5.97 Å². The van der Waals surface area contributed by atoms with Gasteiger partial charge in [0.1, 0.15) is 0 Å². The second-order valence-corrected chi connectivity index (χ2v) is 10.9. The molecular formula is C24H38O4. The fourth-order valence-electron chi connectivity index (χ4n) is 8.16. The fourth-order valence-corrected chi connectivity index (χ4v) is 8.16. The van der Waals surface area contributed by atoms with Crippen molar-refractivity contribution in [3.8, 4) is 0 Å². The van der Waals surface area contributed by atoms with Gasteiger partial charge in [-0.15, -0.1) is 0 Å². The summed E-state index contributed by atoms with van der Waals surface area (Å²) in [6.45, 7) is 7.06. The topological polar surface area (TPSA) is 77.8 Å². The number of carboxylic acid groups (broad SMARTS) is 1. The van der Waals surface area contributed by atoms with Crippen molar-refractivity contribution in [3.05, 3.63) is 11.6 Å². The van der Waals surface area contributed by atoms with Gasteiger partial charge in [0.05, 0.1) is 12.2 Å². The molecule has 3 fully saturated rings. The number of aliphatic carboxylic acids is 1. The summed E-state index contributed by atoms with van der Waals surface area (Å²) in [7, 11) is 0. The van der Waals surface area contributed by atoms with E-state index in [1.54, 1.807) is 0 Å². The van der Waals surface area contributed by atoms with Gasteiger partial charge in [-0.05, 0) is 91.8 Å². The Morgan fingerprint density at radius 2 is 1.89 bits per heavy atom. The van der Waals surface area contributed by atoms with Crippen molar-refractivity contribution in [2.75, 3.05) is 0 Å². The number of hydrogen-bond donors (Lipinski definition) is 3. The molecule has 28 heavy (non-hydrogen) atoms. The van der Waals surface area contributed by atoms with Crippen LogP contribution < -0.4 is 0 Å². The molecule has 4 heteroatoms. The summed E-state index contributed by atoms with van der Waals surface area (Å²) in [5.41, 5.74) is 1.65. The number of aliphatic hydroxyl groups is 2. The second-order valence-electron chi connectivity index (χ2n) is 10.9. The standard InChI is InChI=1S/C24H38O4/c1-14(4-7-21(27)28)17-5-6-18-22-19(9-11-24(17,18)3)23(2)10-8-16(25)12-15(23)13-20(22)26/h13-14,16-20,22,25-26H,4-12H2,1-3H3,(H,27,28)/t14-,16+,17-,18+,19+,20+,22+,23+,24-/m1/s1. The molecular weight excluding hydrogens is 352 g/mol. The molecule has 0 aromatic rings. The quantitative estimate of drug-likeness (QED) is 0.622. The van der Waals surface area contributed by atoms with E-state index in [9.17, 15) is 15.0 Å². The molecule has 0 radical (unpaired) electrons. The molecule has 0 aromatic heterocycles. The summed E-state index contributed by atoms with van der Waals surface area (Å²) in [6, 6.07) is 0. The summed E-state index contributed by atoms with van der Waals surface area (Å²) in [5, 5.41) is 30.4. The van der Waals surface area contributed by atoms with E-state index in [0.717, 1.165) is 32.1 Å². The van der Waals surface area contributed by atoms with E-state index in [4.69, 9.17) is 5.11 Å². The van der Waals surface area contributed by atoms with E-state index in [1.807, 2.05) is 0 Å². The number of aliphatic hydroxyl groups excluding tert-OH is 2. The zero-order valence-corrected chi connectivity index (χ0v) is 17.7. The number of hydrogen-bond acceptors (Lipinski definition) is 3. The highest BCUT2D eigenvalue weighted by Crippen LogP contribution is 2.67. The van der Waals surface area contributed by atoms with Crippen LogP contribution in [-0.4, -0.2) is 33.5 Å². The fraction of sp³-hybridized carbons (Fsp3) is 0.875. The lowest BCUT2D eigenvalue weighted by atomic mass is 9.46. The molecule has 0 amide bonds. The van der Waals surface area contributed by atoms with Crippen LogP contribution in [0.1, 0.15) is 78.6 Å². The van der Waals surface area contributed by atoms with E-state index in [2.05, 4.69) is 26.8 Å². The molecule has 4 nitrogen and oxygen atoms in total. The zero-order valence-electron chi connectivity index (χ0n) is 17.7. The second kappa shape index (κ2) is 7.12. The summed E-state index contributed by atoms with van der Waals surface area (Å²) >= 11 is 0.